The molecule has 2 rings (SSSR count). The summed E-state index contributed by atoms with van der Waals surface area (Å²) < 4.78 is 5.09. The fourth-order valence-electron chi connectivity index (χ4n) is 1.77. The monoisotopic (exact) mass is 301 g/mol. The molecule has 1 aromatic heterocycles. The predicted molar refractivity (Wildman–Crippen MR) is 82.0 cm³/mol. The molecule has 0 aliphatic carbocycles. The van der Waals surface area contributed by atoms with Crippen molar-refractivity contribution in [2.75, 3.05) is 6.54 Å². The lowest BCUT2D eigenvalue weighted by molar-refractivity contribution is -0.120. The van der Waals surface area contributed by atoms with Crippen LogP contribution in [0.1, 0.15) is 16.9 Å². The number of benzene rings is 1. The number of hydrogen-bond donors (Lipinski definition) is 3. The lowest BCUT2D eigenvalue weighted by Crippen LogP contribution is -2.41. The molecular weight excluding hydrogens is 282 g/mol. The van der Waals surface area contributed by atoms with E-state index >= 15 is 0 Å². The van der Waals surface area contributed by atoms with Crippen LogP contribution in [0.2, 0.25) is 0 Å². The highest BCUT2D eigenvalue weighted by atomic mass is 16.3. The Bertz CT molecular complexity index is 606. The summed E-state index contributed by atoms with van der Waals surface area (Å²) in [5.41, 5.74) is 2.17. The van der Waals surface area contributed by atoms with E-state index in [1.807, 2.05) is 31.2 Å². The summed E-state index contributed by atoms with van der Waals surface area (Å²) in [5.74, 6) is 0.388. The van der Waals surface area contributed by atoms with Crippen molar-refractivity contribution in [1.82, 2.24) is 16.0 Å². The van der Waals surface area contributed by atoms with Crippen molar-refractivity contribution < 1.29 is 14.0 Å². The van der Waals surface area contributed by atoms with Gasteiger partial charge in [0.1, 0.15) is 5.76 Å². The van der Waals surface area contributed by atoms with Gasteiger partial charge in [0.2, 0.25) is 5.91 Å². The lowest BCUT2D eigenvalue weighted by atomic mass is 10.1. The first-order valence-corrected chi connectivity index (χ1v) is 7.00. The number of aryl methyl sites for hydroxylation is 1. The molecule has 0 radical (unpaired) electrons. The summed E-state index contributed by atoms with van der Waals surface area (Å²) in [6.07, 6.45) is 1.54. The van der Waals surface area contributed by atoms with E-state index in [1.54, 1.807) is 12.1 Å². The van der Waals surface area contributed by atoms with Crippen LogP contribution in [0.25, 0.3) is 0 Å². The van der Waals surface area contributed by atoms with E-state index < -0.39 is 0 Å². The first-order valence-electron chi connectivity index (χ1n) is 7.00. The highest BCUT2D eigenvalue weighted by molar-refractivity contribution is 5.83. The van der Waals surface area contributed by atoms with E-state index in [0.717, 1.165) is 5.56 Å². The lowest BCUT2D eigenvalue weighted by Gasteiger charge is -2.08. The summed E-state index contributed by atoms with van der Waals surface area (Å²) >= 11 is 0. The molecule has 0 aliphatic heterocycles. The van der Waals surface area contributed by atoms with Crippen LogP contribution in [0.4, 0.5) is 4.79 Å². The Morgan fingerprint density at radius 2 is 1.77 bits per heavy atom. The number of hydrogen-bond acceptors (Lipinski definition) is 3. The summed E-state index contributed by atoms with van der Waals surface area (Å²) in [7, 11) is 0. The number of amides is 3. The van der Waals surface area contributed by atoms with Crippen LogP contribution in [0.5, 0.6) is 0 Å². The first-order chi connectivity index (χ1) is 10.6. The summed E-state index contributed by atoms with van der Waals surface area (Å²) in [6.45, 7) is 2.64. The molecule has 0 saturated carbocycles. The molecule has 3 N–H and O–H groups in total. The summed E-state index contributed by atoms with van der Waals surface area (Å²) in [4.78, 5) is 23.2. The third-order valence-corrected chi connectivity index (χ3v) is 3.02. The molecule has 0 bridgehead atoms. The highest BCUT2D eigenvalue weighted by Gasteiger charge is 2.05. The topological polar surface area (TPSA) is 83.4 Å². The Morgan fingerprint density at radius 1 is 1.00 bits per heavy atom. The van der Waals surface area contributed by atoms with Gasteiger partial charge in [-0.05, 0) is 24.6 Å². The second-order valence-corrected chi connectivity index (χ2v) is 4.88. The van der Waals surface area contributed by atoms with Gasteiger partial charge in [-0.1, -0.05) is 29.8 Å². The quantitative estimate of drug-likeness (QED) is 0.759. The van der Waals surface area contributed by atoms with Gasteiger partial charge < -0.3 is 20.4 Å². The Labute approximate surface area is 128 Å². The van der Waals surface area contributed by atoms with Crippen molar-refractivity contribution in [3.05, 3.63) is 59.5 Å². The van der Waals surface area contributed by atoms with Gasteiger partial charge in [0.05, 0.1) is 19.4 Å². The third kappa shape index (κ3) is 5.32. The van der Waals surface area contributed by atoms with Crippen molar-refractivity contribution in [2.45, 2.75) is 20.0 Å². The summed E-state index contributed by atoms with van der Waals surface area (Å²) in [6, 6.07) is 11.0. The summed E-state index contributed by atoms with van der Waals surface area (Å²) in [5, 5.41) is 7.84. The number of carbonyl (C=O) groups excluding carboxylic acids is 2. The van der Waals surface area contributed by atoms with Crippen LogP contribution in [0.3, 0.4) is 0 Å². The minimum absolute atomic E-state index is 0.0829. The maximum absolute atomic E-state index is 11.6. The fourth-order valence-corrected chi connectivity index (χ4v) is 1.77. The van der Waals surface area contributed by atoms with Gasteiger partial charge in [0.15, 0.2) is 0 Å². The highest BCUT2D eigenvalue weighted by Crippen LogP contribution is 2.02. The molecule has 0 saturated heterocycles. The van der Waals surface area contributed by atoms with Gasteiger partial charge >= 0.3 is 6.03 Å². The van der Waals surface area contributed by atoms with Crippen molar-refractivity contribution in [1.29, 1.82) is 0 Å². The zero-order chi connectivity index (χ0) is 15.8. The Balaban J connectivity index is 1.62. The second-order valence-electron chi connectivity index (χ2n) is 4.88. The smallest absolute Gasteiger partial charge is 0.315 e. The van der Waals surface area contributed by atoms with Crippen molar-refractivity contribution in [2.24, 2.45) is 0 Å². The normalized spacial score (nSPS) is 10.0. The van der Waals surface area contributed by atoms with E-state index in [4.69, 9.17) is 4.42 Å². The zero-order valence-corrected chi connectivity index (χ0v) is 12.4. The van der Waals surface area contributed by atoms with Crippen LogP contribution in [-0.2, 0) is 17.9 Å². The zero-order valence-electron chi connectivity index (χ0n) is 12.4. The number of rotatable bonds is 6. The number of urea groups is 1. The average molecular weight is 301 g/mol. The largest absolute Gasteiger partial charge is 0.467 e. The predicted octanol–water partition coefficient (Wildman–Crippen LogP) is 1.70. The van der Waals surface area contributed by atoms with Crippen molar-refractivity contribution in [3.63, 3.8) is 0 Å². The fraction of sp³-hybridized carbons (Fsp3) is 0.250. The molecule has 22 heavy (non-hydrogen) atoms. The van der Waals surface area contributed by atoms with Crippen molar-refractivity contribution in [3.8, 4) is 0 Å². The Kier molecular flexibility index (Phi) is 5.59. The van der Waals surface area contributed by atoms with Gasteiger partial charge in [-0.3, -0.25) is 4.79 Å². The standard InChI is InChI=1S/C16H19N3O3/c1-12-4-6-13(7-5-12)9-18-16(21)19-11-15(20)17-10-14-3-2-8-22-14/h2-8H,9-11H2,1H3,(H,17,20)(H2,18,19,21). The van der Waals surface area contributed by atoms with Gasteiger partial charge in [-0.2, -0.15) is 0 Å². The molecule has 116 valence electrons. The molecule has 0 spiro atoms. The molecule has 6 heteroatoms. The molecular formula is C16H19N3O3. The molecule has 6 nitrogen and oxygen atoms in total. The van der Waals surface area contributed by atoms with Gasteiger partial charge in [-0.15, -0.1) is 0 Å². The van der Waals surface area contributed by atoms with E-state index in [-0.39, 0.29) is 18.5 Å². The third-order valence-electron chi connectivity index (χ3n) is 3.02. The minimum atomic E-state index is -0.381. The van der Waals surface area contributed by atoms with Crippen LogP contribution >= 0.6 is 0 Å². The molecule has 1 aromatic carbocycles. The van der Waals surface area contributed by atoms with Crippen LogP contribution in [-0.4, -0.2) is 18.5 Å². The van der Waals surface area contributed by atoms with Crippen LogP contribution < -0.4 is 16.0 Å². The van der Waals surface area contributed by atoms with E-state index in [0.29, 0.717) is 18.8 Å². The van der Waals surface area contributed by atoms with E-state index in [9.17, 15) is 9.59 Å². The molecule has 0 atom stereocenters. The number of carbonyl (C=O) groups is 2. The minimum Gasteiger partial charge on any atom is -0.467 e. The number of furan rings is 1. The molecule has 1 heterocycles. The van der Waals surface area contributed by atoms with Gasteiger partial charge in [-0.25, -0.2) is 4.79 Å². The Hall–Kier alpha value is -2.76. The van der Waals surface area contributed by atoms with E-state index in [1.165, 1.54) is 11.8 Å². The molecule has 3 amide bonds. The van der Waals surface area contributed by atoms with Crippen LogP contribution in [0, 0.1) is 6.92 Å². The molecule has 0 unspecified atom stereocenters. The second kappa shape index (κ2) is 7.87. The Morgan fingerprint density at radius 3 is 2.45 bits per heavy atom. The van der Waals surface area contributed by atoms with Crippen molar-refractivity contribution >= 4 is 11.9 Å². The van der Waals surface area contributed by atoms with Crippen LogP contribution in [0.15, 0.2) is 47.1 Å². The maximum atomic E-state index is 11.6. The molecule has 2 aromatic rings. The molecule has 0 fully saturated rings. The van der Waals surface area contributed by atoms with Gasteiger partial charge in [0.25, 0.3) is 0 Å². The SMILES string of the molecule is Cc1ccc(CNC(=O)NCC(=O)NCc2ccco2)cc1. The van der Waals surface area contributed by atoms with Gasteiger partial charge in [0, 0.05) is 6.54 Å². The average Bonchev–Trinajstić information content (AvgIpc) is 3.04. The maximum Gasteiger partial charge on any atom is 0.315 e. The number of nitrogens with one attached hydrogen (secondary N) is 3. The van der Waals surface area contributed by atoms with E-state index in [2.05, 4.69) is 16.0 Å². The molecule has 0 aliphatic rings. The first kappa shape index (κ1) is 15.6.